The van der Waals surface area contributed by atoms with Gasteiger partial charge in [-0.2, -0.15) is 5.10 Å². The Morgan fingerprint density at radius 1 is 0.913 bits per heavy atom. The summed E-state index contributed by atoms with van der Waals surface area (Å²) in [6, 6.07) is 21.5. The van der Waals surface area contributed by atoms with Gasteiger partial charge in [0.2, 0.25) is 0 Å². The molecule has 1 heterocycles. The molecule has 0 amide bonds. The summed E-state index contributed by atoms with van der Waals surface area (Å²) < 4.78 is 0. The van der Waals surface area contributed by atoms with Gasteiger partial charge in [0, 0.05) is 5.69 Å². The van der Waals surface area contributed by atoms with E-state index in [1.165, 1.54) is 0 Å². The Bertz CT molecular complexity index is 932. The van der Waals surface area contributed by atoms with Crippen molar-refractivity contribution in [1.29, 1.82) is 0 Å². The number of nitrogens with one attached hydrogen (secondary N) is 1. The molecular weight excluding hydrogens is 286 g/mol. The predicted octanol–water partition coefficient (Wildman–Crippen LogP) is 3.79. The minimum atomic E-state index is 0.194. The van der Waals surface area contributed by atoms with Gasteiger partial charge < -0.3 is 5.11 Å². The number of hydrogen-bond acceptors (Lipinski definition) is 4. The van der Waals surface area contributed by atoms with Crippen molar-refractivity contribution in [3.8, 4) is 5.75 Å². The van der Waals surface area contributed by atoms with Crippen molar-refractivity contribution in [2.24, 2.45) is 5.10 Å². The summed E-state index contributed by atoms with van der Waals surface area (Å²) in [5.41, 5.74) is 4.50. The number of phenolic OH excluding ortho intramolecular Hbond substituents is 1. The number of hydrazone groups is 1. The Kier molecular flexibility index (Phi) is 3.01. The Hall–Kier alpha value is -3.27. The van der Waals surface area contributed by atoms with Gasteiger partial charge in [0.05, 0.1) is 5.56 Å². The molecule has 3 aromatic carbocycles. The highest BCUT2D eigenvalue weighted by atomic mass is 16.3. The van der Waals surface area contributed by atoms with Crippen LogP contribution in [0.15, 0.2) is 84.2 Å². The Morgan fingerprint density at radius 2 is 1.57 bits per heavy atom. The zero-order valence-corrected chi connectivity index (χ0v) is 12.4. The lowest BCUT2D eigenvalue weighted by atomic mass is 10.0. The van der Waals surface area contributed by atoms with Gasteiger partial charge in [0.15, 0.2) is 5.84 Å². The third-order valence-electron chi connectivity index (χ3n) is 3.89. The van der Waals surface area contributed by atoms with Crippen LogP contribution in [0.4, 0.5) is 5.69 Å². The molecule has 0 unspecified atom stereocenters. The molecule has 0 spiro atoms. The Labute approximate surface area is 134 Å². The molecular formula is C19H15N3O. The molecule has 112 valence electrons. The largest absolute Gasteiger partial charge is 0.507 e. The van der Waals surface area contributed by atoms with Crippen LogP contribution in [0, 0.1) is 0 Å². The third-order valence-corrected chi connectivity index (χ3v) is 3.89. The molecule has 1 aliphatic rings. The zero-order valence-electron chi connectivity index (χ0n) is 12.4. The second kappa shape index (κ2) is 5.18. The summed E-state index contributed by atoms with van der Waals surface area (Å²) in [6.07, 6.45) is 0. The van der Waals surface area contributed by atoms with E-state index in [9.17, 15) is 5.11 Å². The van der Waals surface area contributed by atoms with Crippen LogP contribution in [0.25, 0.3) is 10.8 Å². The number of aromatic hydroxyl groups is 1. The molecule has 0 aliphatic carbocycles. The number of phenols is 1. The maximum Gasteiger partial charge on any atom is 0.170 e. The fourth-order valence-corrected chi connectivity index (χ4v) is 2.79. The van der Waals surface area contributed by atoms with E-state index >= 15 is 0 Å². The first kappa shape index (κ1) is 13.4. The van der Waals surface area contributed by atoms with E-state index in [2.05, 4.69) is 17.1 Å². The molecule has 0 bridgehead atoms. The molecule has 3 aromatic rings. The van der Waals surface area contributed by atoms with Crippen LogP contribution in [0.1, 0.15) is 5.56 Å². The smallest absolute Gasteiger partial charge is 0.170 e. The highest BCUT2D eigenvalue weighted by Gasteiger charge is 2.26. The molecule has 0 aromatic heterocycles. The number of fused-ring (bicyclic) bond motifs is 1. The molecule has 23 heavy (non-hydrogen) atoms. The van der Waals surface area contributed by atoms with Gasteiger partial charge >= 0.3 is 0 Å². The highest BCUT2D eigenvalue weighted by molar-refractivity contribution is 6.15. The Balaban J connectivity index is 1.86. The molecule has 0 fully saturated rings. The summed E-state index contributed by atoms with van der Waals surface area (Å²) >= 11 is 0. The van der Waals surface area contributed by atoms with Crippen molar-refractivity contribution in [3.63, 3.8) is 0 Å². The van der Waals surface area contributed by atoms with E-state index in [1.807, 2.05) is 65.6 Å². The van der Waals surface area contributed by atoms with Crippen LogP contribution >= 0.6 is 0 Å². The summed E-state index contributed by atoms with van der Waals surface area (Å²) in [5.74, 6) is 1.48. The Morgan fingerprint density at radius 3 is 2.30 bits per heavy atom. The topological polar surface area (TPSA) is 47.9 Å². The minimum absolute atomic E-state index is 0.194. The second-order valence-electron chi connectivity index (χ2n) is 5.38. The van der Waals surface area contributed by atoms with E-state index in [1.54, 1.807) is 6.07 Å². The second-order valence-corrected chi connectivity index (χ2v) is 5.38. The number of benzene rings is 3. The maximum absolute atomic E-state index is 10.5. The van der Waals surface area contributed by atoms with E-state index < -0.39 is 0 Å². The van der Waals surface area contributed by atoms with Gasteiger partial charge in [-0.1, -0.05) is 49.0 Å². The molecule has 2 N–H and O–H groups in total. The first-order valence-corrected chi connectivity index (χ1v) is 7.34. The maximum atomic E-state index is 10.5. The quantitative estimate of drug-likeness (QED) is 0.757. The third kappa shape index (κ3) is 2.21. The molecule has 0 saturated heterocycles. The van der Waals surface area contributed by atoms with Gasteiger partial charge in [-0.25, -0.2) is 0 Å². The zero-order chi connectivity index (χ0) is 15.8. The van der Waals surface area contributed by atoms with Gasteiger partial charge in [-0.3, -0.25) is 10.3 Å². The number of para-hydroxylation sites is 1. The lowest BCUT2D eigenvalue weighted by Crippen LogP contribution is -2.27. The number of hydrogen-bond donors (Lipinski definition) is 2. The summed E-state index contributed by atoms with van der Waals surface area (Å²) in [6.45, 7) is 4.00. The molecule has 4 rings (SSSR count). The molecule has 0 radical (unpaired) electrons. The van der Waals surface area contributed by atoms with Gasteiger partial charge in [-0.05, 0) is 35.0 Å². The summed E-state index contributed by atoms with van der Waals surface area (Å²) in [7, 11) is 0. The fourth-order valence-electron chi connectivity index (χ4n) is 2.79. The van der Waals surface area contributed by atoms with Crippen molar-refractivity contribution in [3.05, 3.63) is 84.7 Å². The number of nitrogens with zero attached hydrogens (tertiary/aromatic N) is 2. The number of anilines is 1. The van der Waals surface area contributed by atoms with Gasteiger partial charge in [0.1, 0.15) is 11.6 Å². The summed E-state index contributed by atoms with van der Waals surface area (Å²) in [4.78, 5) is 1.89. The van der Waals surface area contributed by atoms with E-state index in [0.717, 1.165) is 16.5 Å². The highest BCUT2D eigenvalue weighted by Crippen LogP contribution is 2.31. The van der Waals surface area contributed by atoms with Gasteiger partial charge in [-0.15, -0.1) is 0 Å². The number of amidine groups is 1. The van der Waals surface area contributed by atoms with Crippen molar-refractivity contribution in [1.82, 2.24) is 5.43 Å². The average molecular weight is 301 g/mol. The standard InChI is InChI=1S/C19H15N3O/c1-13-20-21-19(22(13)16-9-3-2-4-10-16)17-11-14-7-5-6-8-15(14)12-18(17)23/h2-12,20,23H,1H2. The van der Waals surface area contributed by atoms with Crippen LogP contribution in [-0.2, 0) is 0 Å². The van der Waals surface area contributed by atoms with Crippen molar-refractivity contribution < 1.29 is 5.11 Å². The normalized spacial score (nSPS) is 14.0. The van der Waals surface area contributed by atoms with Crippen LogP contribution in [0.5, 0.6) is 5.75 Å². The average Bonchev–Trinajstić information content (AvgIpc) is 2.96. The van der Waals surface area contributed by atoms with E-state index in [4.69, 9.17) is 0 Å². The van der Waals surface area contributed by atoms with Crippen LogP contribution in [-0.4, -0.2) is 10.9 Å². The first-order chi connectivity index (χ1) is 11.2. The molecule has 1 aliphatic heterocycles. The van der Waals surface area contributed by atoms with E-state index in [-0.39, 0.29) is 5.75 Å². The fraction of sp³-hybridized carbons (Fsp3) is 0. The molecule has 4 nitrogen and oxygen atoms in total. The lowest BCUT2D eigenvalue weighted by molar-refractivity contribution is 0.475. The molecule has 0 saturated carbocycles. The van der Waals surface area contributed by atoms with Crippen LogP contribution in [0.3, 0.4) is 0 Å². The van der Waals surface area contributed by atoms with Crippen molar-refractivity contribution in [2.75, 3.05) is 4.90 Å². The first-order valence-electron chi connectivity index (χ1n) is 7.34. The van der Waals surface area contributed by atoms with E-state index in [0.29, 0.717) is 17.2 Å². The van der Waals surface area contributed by atoms with Crippen LogP contribution in [0.2, 0.25) is 0 Å². The number of rotatable bonds is 2. The summed E-state index contributed by atoms with van der Waals surface area (Å²) in [5, 5.41) is 16.8. The monoisotopic (exact) mass is 301 g/mol. The van der Waals surface area contributed by atoms with Crippen molar-refractivity contribution >= 4 is 22.3 Å². The van der Waals surface area contributed by atoms with Crippen molar-refractivity contribution in [2.45, 2.75) is 0 Å². The lowest BCUT2D eigenvalue weighted by Gasteiger charge is -2.21. The van der Waals surface area contributed by atoms with Crippen LogP contribution < -0.4 is 10.3 Å². The molecule has 0 atom stereocenters. The minimum Gasteiger partial charge on any atom is -0.507 e. The molecule has 4 heteroatoms. The predicted molar refractivity (Wildman–Crippen MR) is 93.3 cm³/mol. The van der Waals surface area contributed by atoms with Gasteiger partial charge in [0.25, 0.3) is 0 Å². The SMILES string of the molecule is C=C1NN=C(c2cc3ccccc3cc2O)N1c1ccccc1.